The van der Waals surface area contributed by atoms with Crippen LogP contribution in [-0.4, -0.2) is 36.7 Å². The highest BCUT2D eigenvalue weighted by atomic mass is 16.5. The van der Waals surface area contributed by atoms with Gasteiger partial charge in [-0.15, -0.1) is 0 Å². The summed E-state index contributed by atoms with van der Waals surface area (Å²) in [5.74, 6) is -0.936. The summed E-state index contributed by atoms with van der Waals surface area (Å²) in [4.78, 5) is 22.4. The van der Waals surface area contributed by atoms with Gasteiger partial charge in [0.1, 0.15) is 5.76 Å². The van der Waals surface area contributed by atoms with E-state index in [1.807, 2.05) is 6.92 Å². The van der Waals surface area contributed by atoms with Crippen LogP contribution in [0.4, 0.5) is 0 Å². The Hall–Kier alpha value is -1.82. The Labute approximate surface area is 98.6 Å². The second kappa shape index (κ2) is 6.05. The molecule has 1 rings (SSSR count). The maximum atomic E-state index is 11.6. The van der Waals surface area contributed by atoms with Gasteiger partial charge in [0.2, 0.25) is 0 Å². The van der Waals surface area contributed by atoms with Crippen LogP contribution in [-0.2, 0) is 16.0 Å². The van der Waals surface area contributed by atoms with Crippen molar-refractivity contribution < 1.29 is 23.8 Å². The van der Waals surface area contributed by atoms with Gasteiger partial charge in [-0.05, 0) is 12.1 Å². The number of rotatable bonds is 6. The summed E-state index contributed by atoms with van der Waals surface area (Å²) in [6.45, 7) is 1.80. The summed E-state index contributed by atoms with van der Waals surface area (Å²) >= 11 is 0. The fourth-order valence-electron chi connectivity index (χ4n) is 1.26. The van der Waals surface area contributed by atoms with Gasteiger partial charge in [0, 0.05) is 13.5 Å². The largest absolute Gasteiger partial charge is 0.480 e. The van der Waals surface area contributed by atoms with Crippen molar-refractivity contribution in [2.75, 3.05) is 13.7 Å². The molecule has 0 bridgehead atoms. The molecule has 0 aliphatic heterocycles. The van der Waals surface area contributed by atoms with Crippen LogP contribution < -0.4 is 5.32 Å². The van der Waals surface area contributed by atoms with Crippen LogP contribution in [0, 0.1) is 0 Å². The SMILES string of the molecule is CCc1ccc(C(=O)NC(COC)C(=O)O)o1. The zero-order chi connectivity index (χ0) is 12.8. The van der Waals surface area contributed by atoms with Gasteiger partial charge in [-0.25, -0.2) is 4.79 Å². The van der Waals surface area contributed by atoms with Crippen molar-refractivity contribution in [2.45, 2.75) is 19.4 Å². The lowest BCUT2D eigenvalue weighted by Gasteiger charge is -2.12. The molecule has 6 heteroatoms. The highest BCUT2D eigenvalue weighted by Crippen LogP contribution is 2.08. The molecular formula is C11H15NO5. The van der Waals surface area contributed by atoms with E-state index in [2.05, 4.69) is 5.32 Å². The van der Waals surface area contributed by atoms with Crippen LogP contribution in [0.5, 0.6) is 0 Å². The highest BCUT2D eigenvalue weighted by Gasteiger charge is 2.21. The molecule has 94 valence electrons. The first kappa shape index (κ1) is 13.2. The lowest BCUT2D eigenvalue weighted by atomic mass is 10.3. The lowest BCUT2D eigenvalue weighted by molar-refractivity contribution is -0.140. The molecule has 1 amide bonds. The van der Waals surface area contributed by atoms with E-state index >= 15 is 0 Å². The summed E-state index contributed by atoms with van der Waals surface area (Å²) in [5.41, 5.74) is 0. The van der Waals surface area contributed by atoms with Crippen LogP contribution >= 0.6 is 0 Å². The number of nitrogens with one attached hydrogen (secondary N) is 1. The number of furan rings is 1. The van der Waals surface area contributed by atoms with E-state index in [-0.39, 0.29) is 12.4 Å². The quantitative estimate of drug-likeness (QED) is 0.764. The monoisotopic (exact) mass is 241 g/mol. The van der Waals surface area contributed by atoms with Gasteiger partial charge >= 0.3 is 5.97 Å². The third-order valence-electron chi connectivity index (χ3n) is 2.17. The molecule has 0 saturated heterocycles. The molecular weight excluding hydrogens is 226 g/mol. The van der Waals surface area contributed by atoms with Crippen molar-refractivity contribution in [3.63, 3.8) is 0 Å². The Morgan fingerprint density at radius 1 is 1.53 bits per heavy atom. The van der Waals surface area contributed by atoms with Crippen molar-refractivity contribution in [1.82, 2.24) is 5.32 Å². The molecule has 0 radical (unpaired) electrons. The third-order valence-corrected chi connectivity index (χ3v) is 2.17. The number of hydrogen-bond acceptors (Lipinski definition) is 4. The summed E-state index contributed by atoms with van der Waals surface area (Å²) in [5, 5.41) is 11.1. The smallest absolute Gasteiger partial charge is 0.328 e. The topological polar surface area (TPSA) is 88.8 Å². The molecule has 1 aromatic rings. The Morgan fingerprint density at radius 2 is 2.24 bits per heavy atom. The van der Waals surface area contributed by atoms with Crippen molar-refractivity contribution in [1.29, 1.82) is 0 Å². The Kier molecular flexibility index (Phi) is 4.71. The standard InChI is InChI=1S/C11H15NO5/c1-3-7-4-5-9(17-7)10(13)12-8(6-16-2)11(14)15/h4-5,8H,3,6H2,1-2H3,(H,12,13)(H,14,15). The van der Waals surface area contributed by atoms with Gasteiger partial charge < -0.3 is 19.6 Å². The number of hydrogen-bond donors (Lipinski definition) is 2. The number of carbonyl (C=O) groups is 2. The van der Waals surface area contributed by atoms with E-state index in [9.17, 15) is 9.59 Å². The Bertz CT molecular complexity index is 398. The number of carboxylic acid groups (broad SMARTS) is 1. The summed E-state index contributed by atoms with van der Waals surface area (Å²) in [6.07, 6.45) is 0.674. The van der Waals surface area contributed by atoms with Gasteiger partial charge in [0.05, 0.1) is 6.61 Å². The number of ether oxygens (including phenoxy) is 1. The Balaban J connectivity index is 2.66. The average molecular weight is 241 g/mol. The van der Waals surface area contributed by atoms with E-state index < -0.39 is 17.9 Å². The molecule has 0 spiro atoms. The molecule has 1 aromatic heterocycles. The third kappa shape index (κ3) is 3.60. The van der Waals surface area contributed by atoms with Crippen LogP contribution in [0.15, 0.2) is 16.5 Å². The van der Waals surface area contributed by atoms with Crippen LogP contribution in [0.3, 0.4) is 0 Å². The van der Waals surface area contributed by atoms with Gasteiger partial charge in [-0.3, -0.25) is 4.79 Å². The van der Waals surface area contributed by atoms with Crippen LogP contribution in [0.25, 0.3) is 0 Å². The van der Waals surface area contributed by atoms with Crippen molar-refractivity contribution in [3.05, 3.63) is 23.7 Å². The minimum absolute atomic E-state index is 0.0948. The van der Waals surface area contributed by atoms with Crippen molar-refractivity contribution >= 4 is 11.9 Å². The molecule has 1 unspecified atom stereocenters. The van der Waals surface area contributed by atoms with Gasteiger partial charge in [0.25, 0.3) is 5.91 Å². The predicted octanol–water partition coefficient (Wildman–Crippen LogP) is 0.671. The number of methoxy groups -OCH3 is 1. The van der Waals surface area contributed by atoms with Crippen LogP contribution in [0.1, 0.15) is 23.2 Å². The van der Waals surface area contributed by atoms with E-state index in [4.69, 9.17) is 14.3 Å². The van der Waals surface area contributed by atoms with Crippen molar-refractivity contribution in [2.24, 2.45) is 0 Å². The highest BCUT2D eigenvalue weighted by molar-refractivity contribution is 5.94. The predicted molar refractivity (Wildman–Crippen MR) is 58.9 cm³/mol. The summed E-state index contributed by atoms with van der Waals surface area (Å²) in [7, 11) is 1.37. The van der Waals surface area contributed by atoms with Gasteiger partial charge in [-0.1, -0.05) is 6.92 Å². The number of carboxylic acids is 1. The molecule has 2 N–H and O–H groups in total. The molecule has 6 nitrogen and oxygen atoms in total. The maximum absolute atomic E-state index is 11.6. The Morgan fingerprint density at radius 3 is 2.71 bits per heavy atom. The van der Waals surface area contributed by atoms with E-state index in [1.165, 1.54) is 13.2 Å². The zero-order valence-electron chi connectivity index (χ0n) is 9.73. The maximum Gasteiger partial charge on any atom is 0.328 e. The van der Waals surface area contributed by atoms with Gasteiger partial charge in [0.15, 0.2) is 11.8 Å². The molecule has 0 saturated carbocycles. The number of aryl methyl sites for hydroxylation is 1. The first-order valence-electron chi connectivity index (χ1n) is 5.19. The summed E-state index contributed by atoms with van der Waals surface area (Å²) in [6, 6.07) is 2.11. The zero-order valence-corrected chi connectivity index (χ0v) is 9.73. The molecule has 17 heavy (non-hydrogen) atoms. The summed E-state index contributed by atoms with van der Waals surface area (Å²) < 4.78 is 9.91. The normalized spacial score (nSPS) is 12.1. The molecule has 0 aliphatic carbocycles. The van der Waals surface area contributed by atoms with E-state index in [0.717, 1.165) is 0 Å². The number of aliphatic carboxylic acids is 1. The molecule has 0 fully saturated rings. The van der Waals surface area contributed by atoms with Gasteiger partial charge in [-0.2, -0.15) is 0 Å². The number of amides is 1. The second-order valence-electron chi connectivity index (χ2n) is 3.44. The molecule has 0 aliphatic rings. The lowest BCUT2D eigenvalue weighted by Crippen LogP contribution is -2.43. The minimum Gasteiger partial charge on any atom is -0.480 e. The average Bonchev–Trinajstić information content (AvgIpc) is 2.76. The second-order valence-corrected chi connectivity index (χ2v) is 3.44. The molecule has 0 aromatic carbocycles. The fraction of sp³-hybridized carbons (Fsp3) is 0.455. The molecule has 1 heterocycles. The van der Waals surface area contributed by atoms with E-state index in [0.29, 0.717) is 12.2 Å². The first-order valence-corrected chi connectivity index (χ1v) is 5.19. The first-order chi connectivity index (χ1) is 8.08. The van der Waals surface area contributed by atoms with E-state index in [1.54, 1.807) is 6.07 Å². The fourth-order valence-corrected chi connectivity index (χ4v) is 1.26. The van der Waals surface area contributed by atoms with Crippen molar-refractivity contribution in [3.8, 4) is 0 Å². The molecule has 1 atom stereocenters. The van der Waals surface area contributed by atoms with Crippen LogP contribution in [0.2, 0.25) is 0 Å². The minimum atomic E-state index is -1.15. The number of carbonyl (C=O) groups excluding carboxylic acids is 1.